The Morgan fingerprint density at radius 1 is 0.880 bits per heavy atom. The number of carbonyl (C=O) groups excluding carboxylic acids is 2. The average molecular weight is 350 g/mol. The summed E-state index contributed by atoms with van der Waals surface area (Å²) in [6.45, 7) is 3.68. The van der Waals surface area contributed by atoms with Gasteiger partial charge < -0.3 is 10.6 Å². The molecule has 2 N–H and O–H groups in total. The summed E-state index contributed by atoms with van der Waals surface area (Å²) in [5, 5.41) is 5.08. The van der Waals surface area contributed by atoms with Crippen LogP contribution in [0.4, 0.5) is 24.5 Å². The Morgan fingerprint density at radius 2 is 1.40 bits per heavy atom. The number of anilines is 2. The minimum absolute atomic E-state index is 0.192. The molecule has 0 saturated heterocycles. The van der Waals surface area contributed by atoms with Crippen LogP contribution < -0.4 is 10.6 Å². The summed E-state index contributed by atoms with van der Waals surface area (Å²) in [5.74, 6) is -1.11. The Hall–Kier alpha value is -2.83. The van der Waals surface area contributed by atoms with E-state index in [-0.39, 0.29) is 5.69 Å². The number of benzene rings is 2. The molecule has 7 heteroatoms. The highest BCUT2D eigenvalue weighted by atomic mass is 19.4. The number of amides is 2. The summed E-state index contributed by atoms with van der Waals surface area (Å²) in [6, 6.07) is 9.56. The van der Waals surface area contributed by atoms with E-state index in [1.165, 1.54) is 0 Å². The molecule has 0 saturated carbocycles. The fourth-order valence-electron chi connectivity index (χ4n) is 2.29. The van der Waals surface area contributed by atoms with E-state index in [2.05, 4.69) is 10.6 Å². The fraction of sp³-hybridized carbons (Fsp3) is 0.222. The first-order valence-corrected chi connectivity index (χ1v) is 7.50. The molecule has 2 amide bonds. The van der Waals surface area contributed by atoms with Crippen LogP contribution in [0.3, 0.4) is 0 Å². The molecule has 0 spiro atoms. The standard InChI is InChI=1S/C18H17F3N2O2/c1-11-4-3-5-12(2)17(11)23-16(25)10-15(24)22-14-8-6-13(7-9-14)18(19,20)21/h3-9H,10H2,1-2H3,(H,22,24)(H,23,25). The number of para-hydroxylation sites is 1. The highest BCUT2D eigenvalue weighted by Gasteiger charge is 2.30. The van der Waals surface area contributed by atoms with Crippen LogP contribution in [0.15, 0.2) is 42.5 Å². The molecule has 0 heterocycles. The van der Waals surface area contributed by atoms with E-state index in [0.717, 1.165) is 35.4 Å². The summed E-state index contributed by atoms with van der Waals surface area (Å²) < 4.78 is 37.5. The predicted octanol–water partition coefficient (Wildman–Crippen LogP) is 4.29. The number of halogens is 3. The summed E-state index contributed by atoms with van der Waals surface area (Å²) in [4.78, 5) is 23.9. The van der Waals surface area contributed by atoms with Crippen molar-refractivity contribution in [1.82, 2.24) is 0 Å². The maximum absolute atomic E-state index is 12.5. The van der Waals surface area contributed by atoms with E-state index >= 15 is 0 Å². The van der Waals surface area contributed by atoms with Crippen LogP contribution in [0, 0.1) is 13.8 Å². The van der Waals surface area contributed by atoms with Gasteiger partial charge in [-0.15, -0.1) is 0 Å². The predicted molar refractivity (Wildman–Crippen MR) is 89.2 cm³/mol. The molecule has 0 aliphatic carbocycles. The zero-order chi connectivity index (χ0) is 18.6. The van der Waals surface area contributed by atoms with Crippen LogP contribution in [0.1, 0.15) is 23.1 Å². The molecule has 0 aliphatic rings. The van der Waals surface area contributed by atoms with Gasteiger partial charge in [0.15, 0.2) is 0 Å². The highest BCUT2D eigenvalue weighted by molar-refractivity contribution is 6.08. The quantitative estimate of drug-likeness (QED) is 0.808. The van der Waals surface area contributed by atoms with E-state index in [0.29, 0.717) is 5.69 Å². The number of nitrogens with one attached hydrogen (secondary N) is 2. The second-order valence-electron chi connectivity index (χ2n) is 5.62. The number of hydrogen-bond donors (Lipinski definition) is 2. The van der Waals surface area contributed by atoms with E-state index in [9.17, 15) is 22.8 Å². The van der Waals surface area contributed by atoms with Crippen molar-refractivity contribution in [2.45, 2.75) is 26.4 Å². The van der Waals surface area contributed by atoms with Crippen LogP contribution in [-0.4, -0.2) is 11.8 Å². The smallest absolute Gasteiger partial charge is 0.326 e. The Bertz CT molecular complexity index is 764. The van der Waals surface area contributed by atoms with Gasteiger partial charge in [0.1, 0.15) is 6.42 Å². The zero-order valence-electron chi connectivity index (χ0n) is 13.7. The Kier molecular flexibility index (Phi) is 5.46. The van der Waals surface area contributed by atoms with Crippen molar-refractivity contribution in [3.05, 3.63) is 59.2 Å². The van der Waals surface area contributed by atoms with Gasteiger partial charge in [-0.1, -0.05) is 18.2 Å². The molecule has 4 nitrogen and oxygen atoms in total. The lowest BCUT2D eigenvalue weighted by atomic mass is 10.1. The molecule has 132 valence electrons. The fourth-order valence-corrected chi connectivity index (χ4v) is 2.29. The largest absolute Gasteiger partial charge is 0.416 e. The molecule has 2 aromatic carbocycles. The lowest BCUT2D eigenvalue weighted by Gasteiger charge is -2.12. The van der Waals surface area contributed by atoms with E-state index in [1.54, 1.807) is 0 Å². The number of rotatable bonds is 4. The van der Waals surface area contributed by atoms with Gasteiger partial charge in [-0.2, -0.15) is 13.2 Å². The summed E-state index contributed by atoms with van der Waals surface area (Å²) in [6.07, 6.45) is -4.87. The van der Waals surface area contributed by atoms with Gasteiger partial charge in [0.25, 0.3) is 0 Å². The highest BCUT2D eigenvalue weighted by Crippen LogP contribution is 2.29. The average Bonchev–Trinajstić information content (AvgIpc) is 2.50. The van der Waals surface area contributed by atoms with Gasteiger partial charge in [0.05, 0.1) is 5.56 Å². The van der Waals surface area contributed by atoms with Crippen LogP contribution in [0.5, 0.6) is 0 Å². The molecule has 25 heavy (non-hydrogen) atoms. The Morgan fingerprint density at radius 3 is 1.92 bits per heavy atom. The summed E-state index contributed by atoms with van der Waals surface area (Å²) >= 11 is 0. The Balaban J connectivity index is 1.95. The summed E-state index contributed by atoms with van der Waals surface area (Å²) in [7, 11) is 0. The first-order chi connectivity index (χ1) is 11.7. The number of carbonyl (C=O) groups is 2. The third-order valence-corrected chi connectivity index (χ3v) is 3.56. The Labute approximate surface area is 143 Å². The SMILES string of the molecule is Cc1cccc(C)c1NC(=O)CC(=O)Nc1ccc(C(F)(F)F)cc1. The van der Waals surface area contributed by atoms with Crippen molar-refractivity contribution in [3.63, 3.8) is 0 Å². The molecule has 0 aromatic heterocycles. The molecular weight excluding hydrogens is 333 g/mol. The normalized spacial score (nSPS) is 11.1. The molecular formula is C18H17F3N2O2. The van der Waals surface area contributed by atoms with Gasteiger partial charge >= 0.3 is 6.18 Å². The van der Waals surface area contributed by atoms with Crippen molar-refractivity contribution in [2.75, 3.05) is 10.6 Å². The lowest BCUT2D eigenvalue weighted by Crippen LogP contribution is -2.22. The van der Waals surface area contributed by atoms with E-state index in [1.807, 2.05) is 32.0 Å². The first-order valence-electron chi connectivity index (χ1n) is 7.50. The molecule has 0 radical (unpaired) electrons. The van der Waals surface area contributed by atoms with Gasteiger partial charge in [0.2, 0.25) is 11.8 Å². The van der Waals surface area contributed by atoms with Crippen LogP contribution >= 0.6 is 0 Å². The van der Waals surface area contributed by atoms with Crippen molar-refractivity contribution in [3.8, 4) is 0 Å². The first kappa shape index (κ1) is 18.5. The topological polar surface area (TPSA) is 58.2 Å². The summed E-state index contributed by atoms with van der Waals surface area (Å²) in [5.41, 5.74) is 1.78. The maximum atomic E-state index is 12.5. The molecule has 0 aliphatic heterocycles. The van der Waals surface area contributed by atoms with Crippen molar-refractivity contribution >= 4 is 23.2 Å². The van der Waals surface area contributed by atoms with E-state index < -0.39 is 30.0 Å². The molecule has 0 fully saturated rings. The van der Waals surface area contributed by atoms with Gasteiger partial charge in [-0.05, 0) is 49.2 Å². The monoisotopic (exact) mass is 350 g/mol. The third-order valence-electron chi connectivity index (χ3n) is 3.56. The van der Waals surface area contributed by atoms with Gasteiger partial charge in [-0.3, -0.25) is 9.59 Å². The minimum atomic E-state index is -4.44. The maximum Gasteiger partial charge on any atom is 0.416 e. The molecule has 0 bridgehead atoms. The third kappa shape index (κ3) is 5.07. The van der Waals surface area contributed by atoms with Gasteiger partial charge in [-0.25, -0.2) is 0 Å². The number of hydrogen-bond acceptors (Lipinski definition) is 2. The molecule has 2 rings (SSSR count). The second-order valence-corrected chi connectivity index (χ2v) is 5.62. The van der Waals surface area contributed by atoms with E-state index in [4.69, 9.17) is 0 Å². The molecule has 2 aromatic rings. The number of alkyl halides is 3. The van der Waals surface area contributed by atoms with Crippen molar-refractivity contribution in [2.24, 2.45) is 0 Å². The van der Waals surface area contributed by atoms with Gasteiger partial charge in [0, 0.05) is 11.4 Å². The lowest BCUT2D eigenvalue weighted by molar-refractivity contribution is -0.137. The van der Waals surface area contributed by atoms with Crippen LogP contribution in [-0.2, 0) is 15.8 Å². The molecule has 0 atom stereocenters. The minimum Gasteiger partial charge on any atom is -0.326 e. The molecule has 0 unspecified atom stereocenters. The van der Waals surface area contributed by atoms with Crippen molar-refractivity contribution in [1.29, 1.82) is 0 Å². The van der Waals surface area contributed by atoms with Crippen LogP contribution in [0.25, 0.3) is 0 Å². The number of aryl methyl sites for hydroxylation is 2. The van der Waals surface area contributed by atoms with Crippen molar-refractivity contribution < 1.29 is 22.8 Å². The van der Waals surface area contributed by atoms with Crippen LogP contribution in [0.2, 0.25) is 0 Å². The second kappa shape index (κ2) is 7.38. The zero-order valence-corrected chi connectivity index (χ0v) is 13.7.